The number of aromatic nitrogens is 1. The summed E-state index contributed by atoms with van der Waals surface area (Å²) in [6, 6.07) is 18.9. The lowest BCUT2D eigenvalue weighted by Gasteiger charge is -2.09. The van der Waals surface area contributed by atoms with E-state index in [1.54, 1.807) is 13.2 Å². The molecule has 3 rings (SSSR count). The van der Waals surface area contributed by atoms with E-state index in [1.165, 1.54) is 0 Å². The van der Waals surface area contributed by atoms with Gasteiger partial charge in [-0.25, -0.2) is 0 Å². The molecule has 6 heteroatoms. The first-order valence-corrected chi connectivity index (χ1v) is 9.78. The highest BCUT2D eigenvalue weighted by molar-refractivity contribution is 6.30. The molecule has 1 aromatic heterocycles. The summed E-state index contributed by atoms with van der Waals surface area (Å²) >= 11 is 5.99. The largest absolute Gasteiger partial charge is 0.497 e. The fourth-order valence-electron chi connectivity index (χ4n) is 3.25. The second kappa shape index (κ2) is 9.34. The molecule has 3 aromatic rings. The summed E-state index contributed by atoms with van der Waals surface area (Å²) in [5, 5.41) is 13.0. The smallest absolute Gasteiger partial charge is 0.262 e. The Bertz CT molecular complexity index is 1120. The SMILES string of the molecule is COc1ccc(CNC(=O)/C(C#N)=C/c2cc(C)n(-c3ccc(Cl)cc3)c2C)cc1. The summed E-state index contributed by atoms with van der Waals surface area (Å²) in [5.74, 6) is 0.336. The van der Waals surface area contributed by atoms with E-state index in [4.69, 9.17) is 16.3 Å². The lowest BCUT2D eigenvalue weighted by molar-refractivity contribution is -0.117. The Hall–Kier alpha value is -3.49. The van der Waals surface area contributed by atoms with Crippen LogP contribution < -0.4 is 10.1 Å². The van der Waals surface area contributed by atoms with Gasteiger partial charge in [-0.3, -0.25) is 4.79 Å². The van der Waals surface area contributed by atoms with E-state index >= 15 is 0 Å². The van der Waals surface area contributed by atoms with Crippen molar-refractivity contribution >= 4 is 23.6 Å². The minimum Gasteiger partial charge on any atom is -0.497 e. The molecule has 0 atom stereocenters. The summed E-state index contributed by atoms with van der Waals surface area (Å²) in [6.07, 6.45) is 1.62. The van der Waals surface area contributed by atoms with Crippen molar-refractivity contribution in [3.8, 4) is 17.5 Å². The molecule has 0 aliphatic carbocycles. The van der Waals surface area contributed by atoms with Crippen molar-refractivity contribution in [1.29, 1.82) is 5.26 Å². The summed E-state index contributed by atoms with van der Waals surface area (Å²) in [7, 11) is 1.60. The van der Waals surface area contributed by atoms with Gasteiger partial charge < -0.3 is 14.6 Å². The number of carbonyl (C=O) groups is 1. The van der Waals surface area contributed by atoms with Gasteiger partial charge in [-0.15, -0.1) is 0 Å². The molecule has 2 aromatic carbocycles. The average Bonchev–Trinajstić information content (AvgIpc) is 3.04. The van der Waals surface area contributed by atoms with Crippen LogP contribution in [0, 0.1) is 25.2 Å². The number of halogens is 1. The van der Waals surface area contributed by atoms with Gasteiger partial charge in [0.15, 0.2) is 0 Å². The third-order valence-electron chi connectivity index (χ3n) is 4.83. The number of hydrogen-bond acceptors (Lipinski definition) is 3. The van der Waals surface area contributed by atoms with Crippen LogP contribution in [0.1, 0.15) is 22.5 Å². The molecule has 30 heavy (non-hydrogen) atoms. The first-order chi connectivity index (χ1) is 14.4. The Balaban J connectivity index is 1.79. The number of amides is 1. The maximum Gasteiger partial charge on any atom is 0.262 e. The van der Waals surface area contributed by atoms with Gasteiger partial charge in [-0.1, -0.05) is 23.7 Å². The van der Waals surface area contributed by atoms with Crippen molar-refractivity contribution in [2.45, 2.75) is 20.4 Å². The number of ether oxygens (including phenoxy) is 1. The third kappa shape index (κ3) is 4.73. The van der Waals surface area contributed by atoms with E-state index in [1.807, 2.05) is 74.5 Å². The zero-order chi connectivity index (χ0) is 21.7. The zero-order valence-electron chi connectivity index (χ0n) is 17.1. The van der Waals surface area contributed by atoms with Crippen LogP contribution in [0.4, 0.5) is 0 Å². The second-order valence-electron chi connectivity index (χ2n) is 6.84. The Labute approximate surface area is 181 Å². The maximum atomic E-state index is 12.5. The minimum absolute atomic E-state index is 0.0554. The standard InChI is InChI=1S/C24H22ClN3O2/c1-16-12-19(17(2)28(16)22-8-6-21(25)7-9-22)13-20(14-26)24(29)27-15-18-4-10-23(30-3)11-5-18/h4-13H,15H2,1-3H3,(H,27,29)/b20-13+. The van der Waals surface area contributed by atoms with Gasteiger partial charge in [-0.05, 0) is 73.5 Å². The monoisotopic (exact) mass is 419 g/mol. The molecule has 0 saturated heterocycles. The number of nitrogens with one attached hydrogen (secondary N) is 1. The normalized spacial score (nSPS) is 11.1. The molecule has 0 unspecified atom stereocenters. The van der Waals surface area contributed by atoms with Gasteiger partial charge in [-0.2, -0.15) is 5.26 Å². The molecule has 1 heterocycles. The van der Waals surface area contributed by atoms with Crippen LogP contribution in [0.5, 0.6) is 5.75 Å². The molecule has 152 valence electrons. The van der Waals surface area contributed by atoms with Crippen molar-refractivity contribution in [3.05, 3.63) is 87.7 Å². The number of aryl methyl sites for hydroxylation is 1. The fourth-order valence-corrected chi connectivity index (χ4v) is 3.37. The lowest BCUT2D eigenvalue weighted by Crippen LogP contribution is -2.23. The second-order valence-corrected chi connectivity index (χ2v) is 7.28. The first-order valence-electron chi connectivity index (χ1n) is 9.40. The minimum atomic E-state index is -0.412. The number of benzene rings is 2. The molecule has 0 bridgehead atoms. The van der Waals surface area contributed by atoms with Gasteiger partial charge in [0.25, 0.3) is 5.91 Å². The average molecular weight is 420 g/mol. The molecule has 0 saturated carbocycles. The highest BCUT2D eigenvalue weighted by atomic mass is 35.5. The highest BCUT2D eigenvalue weighted by Gasteiger charge is 2.14. The van der Waals surface area contributed by atoms with E-state index in [0.29, 0.717) is 11.6 Å². The van der Waals surface area contributed by atoms with Gasteiger partial charge in [0, 0.05) is 28.6 Å². The third-order valence-corrected chi connectivity index (χ3v) is 5.08. The molecule has 0 aliphatic heterocycles. The highest BCUT2D eigenvalue weighted by Crippen LogP contribution is 2.24. The Kier molecular flexibility index (Phi) is 6.61. The molecule has 1 amide bonds. The number of rotatable bonds is 6. The van der Waals surface area contributed by atoms with Crippen molar-refractivity contribution in [1.82, 2.24) is 9.88 Å². The van der Waals surface area contributed by atoms with Crippen molar-refractivity contribution < 1.29 is 9.53 Å². The van der Waals surface area contributed by atoms with E-state index in [9.17, 15) is 10.1 Å². The quantitative estimate of drug-likeness (QED) is 0.452. The van der Waals surface area contributed by atoms with Gasteiger partial charge in [0.2, 0.25) is 0 Å². The summed E-state index contributed by atoms with van der Waals surface area (Å²) in [4.78, 5) is 12.5. The van der Waals surface area contributed by atoms with Crippen LogP contribution in [-0.2, 0) is 11.3 Å². The van der Waals surface area contributed by atoms with Crippen molar-refractivity contribution in [2.75, 3.05) is 7.11 Å². The Morgan fingerprint density at radius 2 is 1.83 bits per heavy atom. The van der Waals surface area contributed by atoms with Crippen molar-refractivity contribution in [3.63, 3.8) is 0 Å². The number of nitriles is 1. The van der Waals surface area contributed by atoms with Crippen LogP contribution >= 0.6 is 11.6 Å². The molecular weight excluding hydrogens is 398 g/mol. The topological polar surface area (TPSA) is 67.0 Å². The fraction of sp³-hybridized carbons (Fsp3) is 0.167. The van der Waals surface area contributed by atoms with Gasteiger partial charge in [0.1, 0.15) is 17.4 Å². The predicted octanol–water partition coefficient (Wildman–Crippen LogP) is 4.98. The van der Waals surface area contributed by atoms with E-state index in [0.717, 1.165) is 34.0 Å². The molecule has 0 aliphatic rings. The summed E-state index contributed by atoms with van der Waals surface area (Å²) in [5.41, 5.74) is 4.69. The Morgan fingerprint density at radius 1 is 1.17 bits per heavy atom. The summed E-state index contributed by atoms with van der Waals surface area (Å²) in [6.45, 7) is 4.26. The van der Waals surface area contributed by atoms with Crippen LogP contribution in [-0.4, -0.2) is 17.6 Å². The van der Waals surface area contributed by atoms with Gasteiger partial charge in [0.05, 0.1) is 7.11 Å². The van der Waals surface area contributed by atoms with E-state index in [-0.39, 0.29) is 5.57 Å². The zero-order valence-corrected chi connectivity index (χ0v) is 17.8. The van der Waals surface area contributed by atoms with Crippen LogP contribution in [0.25, 0.3) is 11.8 Å². The molecule has 5 nitrogen and oxygen atoms in total. The molecule has 0 radical (unpaired) electrons. The van der Waals surface area contributed by atoms with Crippen molar-refractivity contribution in [2.24, 2.45) is 0 Å². The number of hydrogen-bond donors (Lipinski definition) is 1. The Morgan fingerprint density at radius 3 is 2.43 bits per heavy atom. The molecule has 0 spiro atoms. The number of carbonyl (C=O) groups excluding carboxylic acids is 1. The maximum absolute atomic E-state index is 12.5. The van der Waals surface area contributed by atoms with Crippen LogP contribution in [0.2, 0.25) is 5.02 Å². The number of methoxy groups -OCH3 is 1. The molecule has 1 N–H and O–H groups in total. The van der Waals surface area contributed by atoms with E-state index < -0.39 is 5.91 Å². The number of nitrogens with zero attached hydrogens (tertiary/aromatic N) is 2. The molecule has 0 fully saturated rings. The van der Waals surface area contributed by atoms with Crippen LogP contribution in [0.15, 0.2) is 60.2 Å². The first kappa shape index (κ1) is 21.2. The predicted molar refractivity (Wildman–Crippen MR) is 119 cm³/mol. The van der Waals surface area contributed by atoms with E-state index in [2.05, 4.69) is 9.88 Å². The molecular formula is C24H22ClN3O2. The summed E-state index contributed by atoms with van der Waals surface area (Å²) < 4.78 is 7.19. The van der Waals surface area contributed by atoms with Gasteiger partial charge >= 0.3 is 0 Å². The lowest BCUT2D eigenvalue weighted by atomic mass is 10.1. The van der Waals surface area contributed by atoms with Crippen LogP contribution in [0.3, 0.4) is 0 Å².